The van der Waals surface area contributed by atoms with Crippen LogP contribution in [0.1, 0.15) is 26.7 Å². The molecular formula is C10H20N2O2. The molecule has 14 heavy (non-hydrogen) atoms. The van der Waals surface area contributed by atoms with Crippen LogP contribution in [0.3, 0.4) is 0 Å². The molecule has 1 rings (SSSR count). The van der Waals surface area contributed by atoms with Gasteiger partial charge < -0.3 is 15.4 Å². The maximum absolute atomic E-state index is 11.6. The predicted molar refractivity (Wildman–Crippen MR) is 54.9 cm³/mol. The van der Waals surface area contributed by atoms with E-state index in [1.165, 1.54) is 0 Å². The molecule has 0 bridgehead atoms. The predicted octanol–water partition coefficient (Wildman–Crippen LogP) is 0.361. The van der Waals surface area contributed by atoms with Gasteiger partial charge >= 0.3 is 0 Å². The lowest BCUT2D eigenvalue weighted by molar-refractivity contribution is -0.136. The molecule has 0 saturated carbocycles. The van der Waals surface area contributed by atoms with Gasteiger partial charge in [-0.25, -0.2) is 0 Å². The minimum absolute atomic E-state index is 0.0365. The van der Waals surface area contributed by atoms with Gasteiger partial charge in [0.2, 0.25) is 5.91 Å². The second-order valence-corrected chi connectivity index (χ2v) is 3.79. The molecule has 1 heterocycles. The molecule has 1 aliphatic rings. The zero-order chi connectivity index (χ0) is 10.6. The lowest BCUT2D eigenvalue weighted by atomic mass is 10.1. The van der Waals surface area contributed by atoms with Crippen molar-refractivity contribution in [3.63, 3.8) is 0 Å². The van der Waals surface area contributed by atoms with E-state index < -0.39 is 6.04 Å². The molecule has 0 radical (unpaired) electrons. The fourth-order valence-electron chi connectivity index (χ4n) is 1.80. The Morgan fingerprint density at radius 1 is 1.71 bits per heavy atom. The first kappa shape index (κ1) is 11.5. The third kappa shape index (κ3) is 2.96. The number of nitrogens with zero attached hydrogens (tertiary/aromatic N) is 1. The summed E-state index contributed by atoms with van der Waals surface area (Å²) in [6, 6.07) is -0.393. The summed E-state index contributed by atoms with van der Waals surface area (Å²) in [4.78, 5) is 13.4. The van der Waals surface area contributed by atoms with Crippen molar-refractivity contribution < 1.29 is 9.53 Å². The van der Waals surface area contributed by atoms with Gasteiger partial charge in [0.15, 0.2) is 0 Å². The lowest BCUT2D eigenvalue weighted by Crippen LogP contribution is -2.48. The zero-order valence-electron chi connectivity index (χ0n) is 9.03. The van der Waals surface area contributed by atoms with Crippen LogP contribution in [-0.4, -0.2) is 42.6 Å². The number of nitrogens with two attached hydrogens (primary N) is 1. The van der Waals surface area contributed by atoms with E-state index in [2.05, 4.69) is 0 Å². The molecule has 82 valence electrons. The number of piperidine rings is 1. The van der Waals surface area contributed by atoms with Crippen LogP contribution in [-0.2, 0) is 9.53 Å². The van der Waals surface area contributed by atoms with Crippen LogP contribution in [0, 0.1) is 0 Å². The second kappa shape index (κ2) is 5.32. The summed E-state index contributed by atoms with van der Waals surface area (Å²) in [5.74, 6) is 0.0365. The van der Waals surface area contributed by atoms with Crippen LogP contribution in [0.15, 0.2) is 0 Å². The molecule has 1 fully saturated rings. The molecule has 1 aliphatic heterocycles. The lowest BCUT2D eigenvalue weighted by Gasteiger charge is -2.33. The average molecular weight is 200 g/mol. The molecule has 0 aliphatic carbocycles. The highest BCUT2D eigenvalue weighted by Crippen LogP contribution is 2.13. The van der Waals surface area contributed by atoms with Gasteiger partial charge in [-0.3, -0.25) is 4.79 Å². The van der Waals surface area contributed by atoms with E-state index in [0.29, 0.717) is 13.2 Å². The number of carbonyl (C=O) groups is 1. The van der Waals surface area contributed by atoms with Crippen molar-refractivity contribution in [3.05, 3.63) is 0 Å². The SMILES string of the molecule is CCOC1CCCN(C(=O)[C@@H](C)N)C1. The molecule has 0 aromatic heterocycles. The van der Waals surface area contributed by atoms with Crippen LogP contribution in [0.5, 0.6) is 0 Å². The fourth-order valence-corrected chi connectivity index (χ4v) is 1.80. The highest BCUT2D eigenvalue weighted by molar-refractivity contribution is 5.81. The van der Waals surface area contributed by atoms with Crippen molar-refractivity contribution in [1.82, 2.24) is 4.90 Å². The Kier molecular flexibility index (Phi) is 4.35. The Morgan fingerprint density at radius 2 is 2.43 bits per heavy atom. The first-order valence-electron chi connectivity index (χ1n) is 5.31. The van der Waals surface area contributed by atoms with Gasteiger partial charge in [0.25, 0.3) is 0 Å². The van der Waals surface area contributed by atoms with Crippen LogP contribution in [0.4, 0.5) is 0 Å². The molecule has 2 N–H and O–H groups in total. The van der Waals surface area contributed by atoms with Crippen molar-refractivity contribution in [3.8, 4) is 0 Å². The van der Waals surface area contributed by atoms with Gasteiger partial charge in [-0.15, -0.1) is 0 Å². The third-order valence-corrected chi connectivity index (χ3v) is 2.48. The Bertz CT molecular complexity index is 193. The normalized spacial score (nSPS) is 24.8. The molecule has 1 unspecified atom stereocenters. The Hall–Kier alpha value is -0.610. The van der Waals surface area contributed by atoms with Crippen molar-refractivity contribution in [2.45, 2.75) is 38.8 Å². The summed E-state index contributed by atoms with van der Waals surface area (Å²) in [5, 5.41) is 0. The molecule has 0 spiro atoms. The van der Waals surface area contributed by atoms with Gasteiger partial charge in [-0.2, -0.15) is 0 Å². The molecule has 1 saturated heterocycles. The molecule has 4 nitrogen and oxygen atoms in total. The summed E-state index contributed by atoms with van der Waals surface area (Å²) in [6.45, 7) is 5.95. The topological polar surface area (TPSA) is 55.6 Å². The smallest absolute Gasteiger partial charge is 0.239 e. The Labute approximate surface area is 85.4 Å². The summed E-state index contributed by atoms with van der Waals surface area (Å²) >= 11 is 0. The summed E-state index contributed by atoms with van der Waals surface area (Å²) in [7, 11) is 0. The molecular weight excluding hydrogens is 180 g/mol. The largest absolute Gasteiger partial charge is 0.377 e. The maximum Gasteiger partial charge on any atom is 0.239 e. The van der Waals surface area contributed by atoms with E-state index >= 15 is 0 Å². The van der Waals surface area contributed by atoms with E-state index in [0.717, 1.165) is 19.4 Å². The summed E-state index contributed by atoms with van der Waals surface area (Å²) < 4.78 is 5.51. The number of rotatable bonds is 3. The van der Waals surface area contributed by atoms with Crippen LogP contribution in [0.25, 0.3) is 0 Å². The Balaban J connectivity index is 2.43. The molecule has 1 amide bonds. The summed E-state index contributed by atoms with van der Waals surface area (Å²) in [5.41, 5.74) is 5.55. The van der Waals surface area contributed by atoms with E-state index in [-0.39, 0.29) is 12.0 Å². The zero-order valence-corrected chi connectivity index (χ0v) is 9.03. The monoisotopic (exact) mass is 200 g/mol. The number of ether oxygens (including phenoxy) is 1. The second-order valence-electron chi connectivity index (χ2n) is 3.79. The van der Waals surface area contributed by atoms with Crippen molar-refractivity contribution in [2.24, 2.45) is 5.73 Å². The minimum atomic E-state index is -0.393. The van der Waals surface area contributed by atoms with Gasteiger partial charge in [0.1, 0.15) is 0 Å². The molecule has 2 atom stereocenters. The van der Waals surface area contributed by atoms with Crippen molar-refractivity contribution in [1.29, 1.82) is 0 Å². The van der Waals surface area contributed by atoms with Crippen molar-refractivity contribution >= 4 is 5.91 Å². The number of hydrogen-bond donors (Lipinski definition) is 1. The van der Waals surface area contributed by atoms with Gasteiger partial charge in [-0.05, 0) is 26.7 Å². The van der Waals surface area contributed by atoms with E-state index in [4.69, 9.17) is 10.5 Å². The molecule has 4 heteroatoms. The first-order valence-corrected chi connectivity index (χ1v) is 5.31. The first-order chi connectivity index (χ1) is 6.65. The maximum atomic E-state index is 11.6. The summed E-state index contributed by atoms with van der Waals surface area (Å²) in [6.07, 6.45) is 2.27. The van der Waals surface area contributed by atoms with Crippen molar-refractivity contribution in [2.75, 3.05) is 19.7 Å². The molecule has 0 aromatic rings. The highest BCUT2D eigenvalue weighted by Gasteiger charge is 2.25. The van der Waals surface area contributed by atoms with Crippen LogP contribution in [0.2, 0.25) is 0 Å². The fraction of sp³-hybridized carbons (Fsp3) is 0.900. The van der Waals surface area contributed by atoms with E-state index in [9.17, 15) is 4.79 Å². The Morgan fingerprint density at radius 3 is 3.00 bits per heavy atom. The van der Waals surface area contributed by atoms with E-state index in [1.54, 1.807) is 6.92 Å². The number of carbonyl (C=O) groups excluding carboxylic acids is 1. The average Bonchev–Trinajstić information content (AvgIpc) is 2.17. The molecule has 0 aromatic carbocycles. The minimum Gasteiger partial charge on any atom is -0.377 e. The highest BCUT2D eigenvalue weighted by atomic mass is 16.5. The van der Waals surface area contributed by atoms with Crippen LogP contribution < -0.4 is 5.73 Å². The number of amides is 1. The number of likely N-dealkylation sites (tertiary alicyclic amines) is 1. The standard InChI is InChI=1S/C10H20N2O2/c1-3-14-9-5-4-6-12(7-9)10(13)8(2)11/h8-9H,3-7,11H2,1-2H3/t8-,9?/m1/s1. The third-order valence-electron chi connectivity index (χ3n) is 2.48. The quantitative estimate of drug-likeness (QED) is 0.715. The van der Waals surface area contributed by atoms with Crippen LogP contribution >= 0.6 is 0 Å². The van der Waals surface area contributed by atoms with Gasteiger partial charge in [0, 0.05) is 19.7 Å². The van der Waals surface area contributed by atoms with Gasteiger partial charge in [-0.1, -0.05) is 0 Å². The van der Waals surface area contributed by atoms with E-state index in [1.807, 2.05) is 11.8 Å². The number of hydrogen-bond acceptors (Lipinski definition) is 3. The van der Waals surface area contributed by atoms with Gasteiger partial charge in [0.05, 0.1) is 12.1 Å².